The first-order chi connectivity index (χ1) is 13.1. The Morgan fingerprint density at radius 3 is 2.34 bits per heavy atom. The maximum Gasteiger partial charge on any atom is 0.490 e. The highest BCUT2D eigenvalue weighted by Crippen LogP contribution is 2.66. The van der Waals surface area contributed by atoms with E-state index in [0.29, 0.717) is 0 Å². The Hall–Kier alpha value is -1.03. The van der Waals surface area contributed by atoms with Gasteiger partial charge in [0, 0.05) is 6.20 Å². The number of phosphoric acid groups is 3. The van der Waals surface area contributed by atoms with Gasteiger partial charge in [-0.25, -0.2) is 18.5 Å². The molecule has 0 spiro atoms. The lowest BCUT2D eigenvalue weighted by atomic mass is 10.1. The van der Waals surface area contributed by atoms with E-state index in [0.717, 1.165) is 4.57 Å². The first-order valence-electron chi connectivity index (χ1n) is 7.32. The third-order valence-corrected chi connectivity index (χ3v) is 7.16. The highest BCUT2D eigenvalue weighted by molar-refractivity contribution is 7.66. The van der Waals surface area contributed by atoms with Crippen LogP contribution in [0.4, 0.5) is 5.82 Å². The van der Waals surface area contributed by atoms with Gasteiger partial charge >= 0.3 is 29.2 Å². The van der Waals surface area contributed by atoms with Gasteiger partial charge in [0.25, 0.3) is 0 Å². The summed E-state index contributed by atoms with van der Waals surface area (Å²) in [6.45, 7) is -0.938. The SMILES string of the molecule is Nc1ccn(C2OC(COP(=O)(O)OP(=O)(O)OP(=O)(O)O)C(O)C2N)c(=O)n1. The zero-order chi connectivity index (χ0) is 22.2. The fourth-order valence-electron chi connectivity index (χ4n) is 2.25. The molecule has 1 aliphatic rings. The van der Waals surface area contributed by atoms with Crippen LogP contribution < -0.4 is 17.2 Å². The van der Waals surface area contributed by atoms with Crippen LogP contribution in [0.3, 0.4) is 0 Å². The normalized spacial score (nSPS) is 29.3. The van der Waals surface area contributed by atoms with E-state index in [9.17, 15) is 28.5 Å². The topological polar surface area (TPSA) is 276 Å². The summed E-state index contributed by atoms with van der Waals surface area (Å²) in [6.07, 6.45) is -3.02. The average molecular weight is 482 g/mol. The van der Waals surface area contributed by atoms with Crippen LogP contribution >= 0.6 is 23.5 Å². The second kappa shape index (κ2) is 8.61. The van der Waals surface area contributed by atoms with Gasteiger partial charge < -0.3 is 40.9 Å². The minimum atomic E-state index is -5.69. The summed E-state index contributed by atoms with van der Waals surface area (Å²) in [5.74, 6) is -0.0809. The Labute approximate surface area is 161 Å². The van der Waals surface area contributed by atoms with E-state index in [1.165, 1.54) is 12.3 Å². The van der Waals surface area contributed by atoms with Crippen molar-refractivity contribution in [1.29, 1.82) is 0 Å². The number of aromatic nitrogens is 2. The van der Waals surface area contributed by atoms with Crippen LogP contribution in [0.2, 0.25) is 0 Å². The largest absolute Gasteiger partial charge is 0.490 e. The Morgan fingerprint density at radius 1 is 1.17 bits per heavy atom. The first kappa shape index (κ1) is 24.2. The quantitative estimate of drug-likeness (QED) is 0.193. The van der Waals surface area contributed by atoms with E-state index in [1.807, 2.05) is 0 Å². The van der Waals surface area contributed by atoms with E-state index in [2.05, 4.69) is 18.1 Å². The molecular weight excluding hydrogens is 465 g/mol. The number of hydrogen-bond acceptors (Lipinski definition) is 12. The second-order valence-electron chi connectivity index (χ2n) is 5.56. The Bertz CT molecular complexity index is 948. The van der Waals surface area contributed by atoms with Crippen molar-refractivity contribution in [1.82, 2.24) is 9.55 Å². The minimum absolute atomic E-state index is 0.0809. The predicted octanol–water partition coefficient (Wildman–Crippen LogP) is -2.25. The van der Waals surface area contributed by atoms with Gasteiger partial charge in [0.1, 0.15) is 18.0 Å². The lowest BCUT2D eigenvalue weighted by Gasteiger charge is -2.19. The number of aliphatic hydroxyl groups is 1. The van der Waals surface area contributed by atoms with E-state index in [4.69, 9.17) is 30.9 Å². The number of anilines is 1. The van der Waals surface area contributed by atoms with Crippen LogP contribution in [-0.4, -0.2) is 59.1 Å². The molecule has 1 aromatic rings. The van der Waals surface area contributed by atoms with Crippen LogP contribution in [0, 0.1) is 0 Å². The molecule has 6 atom stereocenters. The lowest BCUT2D eigenvalue weighted by Crippen LogP contribution is -2.42. The molecular formula is C9H17N4O13P3. The van der Waals surface area contributed by atoms with E-state index in [1.54, 1.807) is 0 Å². The number of nitrogens with zero attached hydrogens (tertiary/aromatic N) is 2. The van der Waals surface area contributed by atoms with Crippen LogP contribution in [0.1, 0.15) is 6.23 Å². The standard InChI is InChI=1S/C9H17N4O13P3/c10-5-1-2-13(9(15)12-5)8-6(11)7(14)4(24-8)3-23-28(19,20)26-29(21,22)25-27(16,17)18/h1-2,4,6-8,14H,3,11H2,(H,19,20)(H,21,22)(H2,10,12,15)(H2,16,17,18). The van der Waals surface area contributed by atoms with Crippen molar-refractivity contribution in [3.63, 3.8) is 0 Å². The smallest absolute Gasteiger partial charge is 0.389 e. The van der Waals surface area contributed by atoms with Crippen molar-refractivity contribution in [3.8, 4) is 0 Å². The molecule has 0 radical (unpaired) electrons. The molecule has 1 aromatic heterocycles. The number of ether oxygens (including phenoxy) is 1. The number of nitrogen functional groups attached to an aromatic ring is 1. The zero-order valence-electron chi connectivity index (χ0n) is 14.1. The molecule has 1 fully saturated rings. The Kier molecular flexibility index (Phi) is 7.20. The van der Waals surface area contributed by atoms with Crippen molar-refractivity contribution >= 4 is 29.3 Å². The predicted molar refractivity (Wildman–Crippen MR) is 90.6 cm³/mol. The molecule has 2 rings (SSSR count). The van der Waals surface area contributed by atoms with Gasteiger partial charge in [-0.15, -0.1) is 0 Å². The van der Waals surface area contributed by atoms with Crippen LogP contribution in [0.25, 0.3) is 0 Å². The number of rotatable bonds is 8. The molecule has 0 bridgehead atoms. The summed E-state index contributed by atoms with van der Waals surface area (Å²) in [5, 5.41) is 10.1. The average Bonchev–Trinajstić information content (AvgIpc) is 2.78. The molecule has 0 aliphatic carbocycles. The number of nitrogens with two attached hydrogens (primary N) is 2. The van der Waals surface area contributed by atoms with E-state index >= 15 is 0 Å². The summed E-state index contributed by atoms with van der Waals surface area (Å²) >= 11 is 0. The molecule has 1 saturated heterocycles. The molecule has 6 unspecified atom stereocenters. The van der Waals surface area contributed by atoms with E-state index in [-0.39, 0.29) is 5.82 Å². The molecule has 9 N–H and O–H groups in total. The molecule has 29 heavy (non-hydrogen) atoms. The maximum atomic E-state index is 11.9. The van der Waals surface area contributed by atoms with Gasteiger partial charge in [-0.2, -0.15) is 13.6 Å². The maximum absolute atomic E-state index is 11.9. The van der Waals surface area contributed by atoms with Crippen molar-refractivity contribution in [3.05, 3.63) is 22.7 Å². The summed E-state index contributed by atoms with van der Waals surface area (Å²) in [4.78, 5) is 50.7. The summed E-state index contributed by atoms with van der Waals surface area (Å²) in [5.41, 5.74) is 10.3. The number of phosphoric ester groups is 1. The van der Waals surface area contributed by atoms with Gasteiger partial charge in [-0.1, -0.05) is 0 Å². The van der Waals surface area contributed by atoms with Crippen LogP contribution in [-0.2, 0) is 31.6 Å². The van der Waals surface area contributed by atoms with Gasteiger partial charge in [-0.3, -0.25) is 9.09 Å². The number of aliphatic hydroxyl groups excluding tert-OH is 1. The Balaban J connectivity index is 2.05. The summed E-state index contributed by atoms with van der Waals surface area (Å²) < 4.78 is 51.2. The monoisotopic (exact) mass is 482 g/mol. The highest BCUT2D eigenvalue weighted by Gasteiger charge is 2.46. The third kappa shape index (κ3) is 6.73. The lowest BCUT2D eigenvalue weighted by molar-refractivity contribution is -0.0455. The molecule has 0 amide bonds. The molecule has 2 heterocycles. The molecule has 166 valence electrons. The Morgan fingerprint density at radius 2 is 1.79 bits per heavy atom. The van der Waals surface area contributed by atoms with Gasteiger partial charge in [-0.05, 0) is 6.07 Å². The van der Waals surface area contributed by atoms with Crippen molar-refractivity contribution in [2.24, 2.45) is 5.73 Å². The summed E-state index contributed by atoms with van der Waals surface area (Å²) in [7, 11) is -16.6. The molecule has 20 heteroatoms. The van der Waals surface area contributed by atoms with Crippen molar-refractivity contribution in [2.75, 3.05) is 12.3 Å². The fourth-order valence-corrected chi connectivity index (χ4v) is 5.28. The van der Waals surface area contributed by atoms with Gasteiger partial charge in [0.2, 0.25) is 0 Å². The van der Waals surface area contributed by atoms with E-state index < -0.39 is 60.2 Å². The highest BCUT2D eigenvalue weighted by atomic mass is 31.3. The van der Waals surface area contributed by atoms with Crippen LogP contribution in [0.5, 0.6) is 0 Å². The first-order valence-corrected chi connectivity index (χ1v) is 11.8. The molecule has 1 aliphatic heterocycles. The van der Waals surface area contributed by atoms with Gasteiger partial charge in [0.15, 0.2) is 6.23 Å². The van der Waals surface area contributed by atoms with Crippen molar-refractivity contribution in [2.45, 2.75) is 24.5 Å². The molecule has 0 aromatic carbocycles. The fraction of sp³-hybridized carbons (Fsp3) is 0.556. The van der Waals surface area contributed by atoms with Crippen LogP contribution in [0.15, 0.2) is 17.1 Å². The summed E-state index contributed by atoms with van der Waals surface area (Å²) in [6, 6.07) is 0.0381. The zero-order valence-corrected chi connectivity index (χ0v) is 16.7. The second-order valence-corrected chi connectivity index (χ2v) is 9.98. The minimum Gasteiger partial charge on any atom is -0.389 e. The third-order valence-electron chi connectivity index (χ3n) is 3.36. The molecule has 17 nitrogen and oxygen atoms in total. The number of hydrogen-bond donors (Lipinski definition) is 7. The molecule has 0 saturated carbocycles. The van der Waals surface area contributed by atoms with Gasteiger partial charge in [0.05, 0.1) is 12.6 Å². The van der Waals surface area contributed by atoms with Crippen molar-refractivity contribution < 1.29 is 56.3 Å².